The van der Waals surface area contributed by atoms with Crippen LogP contribution in [-0.2, 0) is 12.7 Å². The maximum atomic E-state index is 12.4. The largest absolute Gasteiger partial charge is 0.433 e. The lowest BCUT2D eigenvalue weighted by molar-refractivity contribution is -0.141. The van der Waals surface area contributed by atoms with Crippen LogP contribution >= 0.6 is 0 Å². The van der Waals surface area contributed by atoms with Crippen molar-refractivity contribution in [1.29, 1.82) is 0 Å². The molecule has 1 N–H and O–H groups in total. The topological polar surface area (TPSA) is 37.8 Å². The van der Waals surface area contributed by atoms with Crippen LogP contribution in [-0.4, -0.2) is 9.97 Å². The van der Waals surface area contributed by atoms with E-state index in [0.717, 1.165) is 11.8 Å². The number of nitrogens with one attached hydrogen (secondary N) is 1. The maximum absolute atomic E-state index is 12.4. The van der Waals surface area contributed by atoms with Gasteiger partial charge in [-0.3, -0.25) is 4.98 Å². The number of hydrogen-bond acceptors (Lipinski definition) is 3. The Hall–Kier alpha value is -2.11. The Kier molecular flexibility index (Phi) is 3.45. The second-order valence-electron chi connectivity index (χ2n) is 3.58. The van der Waals surface area contributed by atoms with Gasteiger partial charge in [-0.15, -0.1) is 0 Å². The molecule has 6 heteroatoms. The second-order valence-corrected chi connectivity index (χ2v) is 3.58. The molecule has 2 aromatic rings. The smallest absolute Gasteiger partial charge is 0.364 e. The molecule has 0 fully saturated rings. The van der Waals surface area contributed by atoms with Crippen molar-refractivity contribution in [2.45, 2.75) is 12.7 Å². The number of aromatic nitrogens is 2. The quantitative estimate of drug-likeness (QED) is 0.913. The molecule has 0 atom stereocenters. The first kappa shape index (κ1) is 12.3. The van der Waals surface area contributed by atoms with E-state index in [2.05, 4.69) is 15.3 Å². The molecule has 0 saturated carbocycles. The predicted molar refractivity (Wildman–Crippen MR) is 60.8 cm³/mol. The van der Waals surface area contributed by atoms with Crippen molar-refractivity contribution in [3.05, 3.63) is 54.0 Å². The standard InChI is InChI=1S/C12H10F3N3/c13-12(14,15)10-5-3-6-11(18-10)17-8-9-4-1-2-7-16-9/h1-7H,8H2,(H,17,18). The average Bonchev–Trinajstić information content (AvgIpc) is 2.37. The second kappa shape index (κ2) is 5.03. The summed E-state index contributed by atoms with van der Waals surface area (Å²) in [5.74, 6) is 0.176. The van der Waals surface area contributed by atoms with E-state index in [0.29, 0.717) is 6.54 Å². The molecule has 0 unspecified atom stereocenters. The average molecular weight is 253 g/mol. The Morgan fingerprint density at radius 1 is 1.06 bits per heavy atom. The van der Waals surface area contributed by atoms with Crippen LogP contribution in [0.25, 0.3) is 0 Å². The first-order valence-electron chi connectivity index (χ1n) is 5.24. The number of hydrogen-bond donors (Lipinski definition) is 1. The minimum Gasteiger partial charge on any atom is -0.364 e. The number of rotatable bonds is 3. The first-order valence-corrected chi connectivity index (χ1v) is 5.24. The highest BCUT2D eigenvalue weighted by Gasteiger charge is 2.32. The van der Waals surface area contributed by atoms with Crippen molar-refractivity contribution in [1.82, 2.24) is 9.97 Å². The van der Waals surface area contributed by atoms with Crippen LogP contribution in [0.2, 0.25) is 0 Å². The Morgan fingerprint density at radius 3 is 2.56 bits per heavy atom. The highest BCUT2D eigenvalue weighted by molar-refractivity contribution is 5.36. The fraction of sp³-hybridized carbons (Fsp3) is 0.167. The van der Waals surface area contributed by atoms with E-state index in [1.165, 1.54) is 12.1 Å². The van der Waals surface area contributed by atoms with Gasteiger partial charge in [0.2, 0.25) is 0 Å². The summed E-state index contributed by atoms with van der Waals surface area (Å²) >= 11 is 0. The van der Waals surface area contributed by atoms with Gasteiger partial charge in [-0.1, -0.05) is 12.1 Å². The monoisotopic (exact) mass is 253 g/mol. The normalized spacial score (nSPS) is 11.3. The van der Waals surface area contributed by atoms with Crippen molar-refractivity contribution in [2.75, 3.05) is 5.32 Å². The molecule has 0 aliphatic heterocycles. The van der Waals surface area contributed by atoms with Gasteiger partial charge in [0.25, 0.3) is 0 Å². The fourth-order valence-electron chi connectivity index (χ4n) is 1.37. The summed E-state index contributed by atoms with van der Waals surface area (Å²) < 4.78 is 37.3. The number of anilines is 1. The van der Waals surface area contributed by atoms with E-state index >= 15 is 0 Å². The molecule has 2 rings (SSSR count). The van der Waals surface area contributed by atoms with Gasteiger partial charge in [0.15, 0.2) is 0 Å². The van der Waals surface area contributed by atoms with Gasteiger partial charge < -0.3 is 5.32 Å². The van der Waals surface area contributed by atoms with E-state index in [-0.39, 0.29) is 5.82 Å². The van der Waals surface area contributed by atoms with E-state index in [4.69, 9.17) is 0 Å². The minimum absolute atomic E-state index is 0.176. The molecule has 0 saturated heterocycles. The van der Waals surface area contributed by atoms with Crippen LogP contribution in [0.4, 0.5) is 19.0 Å². The van der Waals surface area contributed by atoms with Crippen molar-refractivity contribution < 1.29 is 13.2 Å². The van der Waals surface area contributed by atoms with Crippen molar-refractivity contribution in [3.63, 3.8) is 0 Å². The van der Waals surface area contributed by atoms with E-state index in [9.17, 15) is 13.2 Å². The molecule has 3 nitrogen and oxygen atoms in total. The zero-order chi connectivity index (χ0) is 13.0. The lowest BCUT2D eigenvalue weighted by atomic mass is 10.3. The van der Waals surface area contributed by atoms with Gasteiger partial charge in [-0.25, -0.2) is 4.98 Å². The third-order valence-corrected chi connectivity index (χ3v) is 2.22. The Morgan fingerprint density at radius 2 is 1.89 bits per heavy atom. The van der Waals surface area contributed by atoms with Gasteiger partial charge in [0.05, 0.1) is 12.2 Å². The molecular formula is C12H10F3N3. The molecule has 0 spiro atoms. The molecule has 18 heavy (non-hydrogen) atoms. The van der Waals surface area contributed by atoms with Crippen molar-refractivity contribution in [2.24, 2.45) is 0 Å². The summed E-state index contributed by atoms with van der Waals surface area (Å²) in [5, 5.41) is 2.80. The summed E-state index contributed by atoms with van der Waals surface area (Å²) in [5.41, 5.74) is -0.176. The zero-order valence-corrected chi connectivity index (χ0v) is 9.28. The Bertz CT molecular complexity index is 511. The van der Waals surface area contributed by atoms with Crippen molar-refractivity contribution >= 4 is 5.82 Å². The first-order chi connectivity index (χ1) is 8.55. The lowest BCUT2D eigenvalue weighted by Gasteiger charge is -2.09. The van der Waals surface area contributed by atoms with Crippen LogP contribution in [0.15, 0.2) is 42.6 Å². The molecule has 0 aromatic carbocycles. The predicted octanol–water partition coefficient (Wildman–Crippen LogP) is 3.11. The summed E-state index contributed by atoms with van der Waals surface area (Å²) in [7, 11) is 0. The van der Waals surface area contributed by atoms with Crippen molar-refractivity contribution in [3.8, 4) is 0 Å². The Labute approximate surface area is 102 Å². The van der Waals surface area contributed by atoms with Crippen LogP contribution < -0.4 is 5.32 Å². The number of alkyl halides is 3. The maximum Gasteiger partial charge on any atom is 0.433 e. The summed E-state index contributed by atoms with van der Waals surface area (Å²) in [6.45, 7) is 0.329. The van der Waals surface area contributed by atoms with E-state index in [1.807, 2.05) is 6.07 Å². The minimum atomic E-state index is -4.43. The molecule has 2 heterocycles. The highest BCUT2D eigenvalue weighted by Crippen LogP contribution is 2.28. The van der Waals surface area contributed by atoms with Gasteiger partial charge in [-0.2, -0.15) is 13.2 Å². The lowest BCUT2D eigenvalue weighted by Crippen LogP contribution is -2.10. The van der Waals surface area contributed by atoms with Gasteiger partial charge in [0, 0.05) is 6.20 Å². The number of nitrogens with zero attached hydrogens (tertiary/aromatic N) is 2. The van der Waals surface area contributed by atoms with Crippen LogP contribution in [0.5, 0.6) is 0 Å². The third-order valence-electron chi connectivity index (χ3n) is 2.22. The molecule has 0 aliphatic carbocycles. The van der Waals surface area contributed by atoms with Crippen LogP contribution in [0, 0.1) is 0 Å². The number of pyridine rings is 2. The zero-order valence-electron chi connectivity index (χ0n) is 9.28. The van der Waals surface area contributed by atoms with E-state index < -0.39 is 11.9 Å². The van der Waals surface area contributed by atoms with Gasteiger partial charge in [0.1, 0.15) is 11.5 Å². The van der Waals surface area contributed by atoms with Gasteiger partial charge in [-0.05, 0) is 24.3 Å². The molecule has 0 bridgehead atoms. The SMILES string of the molecule is FC(F)(F)c1cccc(NCc2ccccn2)n1. The van der Waals surface area contributed by atoms with E-state index in [1.54, 1.807) is 18.3 Å². The highest BCUT2D eigenvalue weighted by atomic mass is 19.4. The van der Waals surface area contributed by atoms with Crippen LogP contribution in [0.3, 0.4) is 0 Å². The molecule has 0 radical (unpaired) electrons. The molecule has 0 amide bonds. The summed E-state index contributed by atoms with van der Waals surface area (Å²) in [4.78, 5) is 7.55. The molecule has 0 aliphatic rings. The van der Waals surface area contributed by atoms with Crippen LogP contribution in [0.1, 0.15) is 11.4 Å². The summed E-state index contributed by atoms with van der Waals surface area (Å²) in [6, 6.07) is 9.09. The molecule has 94 valence electrons. The number of halogens is 3. The molecular weight excluding hydrogens is 243 g/mol. The third kappa shape index (κ3) is 3.19. The van der Waals surface area contributed by atoms with Gasteiger partial charge >= 0.3 is 6.18 Å². The fourth-order valence-corrected chi connectivity index (χ4v) is 1.37. The Balaban J connectivity index is 2.06. The molecule has 2 aromatic heterocycles. The summed E-state index contributed by atoms with van der Waals surface area (Å²) in [6.07, 6.45) is -2.81.